The highest BCUT2D eigenvalue weighted by atomic mass is 16.3. The number of hydrogen-bond donors (Lipinski definition) is 3. The third kappa shape index (κ3) is 1.27. The first-order chi connectivity index (χ1) is 8.71. The fraction of sp³-hybridized carbons (Fsp3) is 0.667. The number of carbonyl (C=O) groups is 1. The maximum absolute atomic E-state index is 12.5. The molecule has 1 fully saturated rings. The fourth-order valence-electron chi connectivity index (χ4n) is 3.78. The Labute approximate surface area is 112 Å². The van der Waals surface area contributed by atoms with Crippen LogP contribution in [0.1, 0.15) is 33.6 Å². The molecular weight excluding hydrogens is 244 g/mol. The van der Waals surface area contributed by atoms with E-state index in [0.29, 0.717) is 11.1 Å². The first kappa shape index (κ1) is 13.0. The molecule has 0 aromatic rings. The molecule has 0 radical (unpaired) electrons. The number of aliphatic hydroxyl groups excluding tert-OH is 2. The lowest BCUT2D eigenvalue weighted by Gasteiger charge is -2.39. The highest BCUT2D eigenvalue weighted by Gasteiger charge is 2.66. The second-order valence-electron chi connectivity index (χ2n) is 6.65. The number of aliphatic hydroxyl groups is 3. The van der Waals surface area contributed by atoms with Crippen LogP contribution in [0.5, 0.6) is 0 Å². The Hall–Kier alpha value is -0.970. The van der Waals surface area contributed by atoms with Crippen molar-refractivity contribution in [2.75, 3.05) is 6.61 Å². The summed E-state index contributed by atoms with van der Waals surface area (Å²) in [7, 11) is 0. The highest BCUT2D eigenvalue weighted by Crippen LogP contribution is 2.65. The summed E-state index contributed by atoms with van der Waals surface area (Å²) in [5, 5.41) is 30.6. The van der Waals surface area contributed by atoms with Gasteiger partial charge in [-0.15, -0.1) is 0 Å². The van der Waals surface area contributed by atoms with Crippen LogP contribution in [0.3, 0.4) is 0 Å². The predicted molar refractivity (Wildman–Crippen MR) is 69.3 cm³/mol. The normalized spacial score (nSPS) is 43.6. The summed E-state index contributed by atoms with van der Waals surface area (Å²) >= 11 is 0. The zero-order valence-electron chi connectivity index (χ0n) is 11.5. The van der Waals surface area contributed by atoms with Crippen LogP contribution >= 0.6 is 0 Å². The first-order valence-corrected chi connectivity index (χ1v) is 6.72. The van der Waals surface area contributed by atoms with E-state index in [2.05, 4.69) is 0 Å². The Balaban J connectivity index is 2.25. The van der Waals surface area contributed by atoms with Crippen LogP contribution in [0.4, 0.5) is 0 Å². The van der Waals surface area contributed by atoms with Gasteiger partial charge in [-0.2, -0.15) is 0 Å². The van der Waals surface area contributed by atoms with Crippen molar-refractivity contribution in [2.24, 2.45) is 10.8 Å². The highest BCUT2D eigenvalue weighted by molar-refractivity contribution is 6.09. The monoisotopic (exact) mass is 264 g/mol. The van der Waals surface area contributed by atoms with Crippen LogP contribution in [-0.2, 0) is 4.79 Å². The molecule has 0 bridgehead atoms. The molecule has 3 N–H and O–H groups in total. The second-order valence-corrected chi connectivity index (χ2v) is 6.65. The number of fused-ring (bicyclic) bond motifs is 1. The van der Waals surface area contributed by atoms with Crippen molar-refractivity contribution < 1.29 is 20.1 Å². The van der Waals surface area contributed by atoms with Gasteiger partial charge in [0.2, 0.25) is 0 Å². The molecule has 0 heterocycles. The Morgan fingerprint density at radius 1 is 1.37 bits per heavy atom. The number of ketones is 1. The average Bonchev–Trinajstić information content (AvgIpc) is 3.12. The van der Waals surface area contributed by atoms with Gasteiger partial charge in [-0.1, -0.05) is 18.6 Å². The van der Waals surface area contributed by atoms with Crippen LogP contribution in [0, 0.1) is 10.8 Å². The van der Waals surface area contributed by atoms with E-state index >= 15 is 0 Å². The van der Waals surface area contributed by atoms with Crippen molar-refractivity contribution in [2.45, 2.75) is 45.3 Å². The molecule has 104 valence electrons. The molecule has 4 heteroatoms. The third-order valence-corrected chi connectivity index (χ3v) is 5.49. The minimum Gasteiger partial charge on any atom is -0.395 e. The summed E-state index contributed by atoms with van der Waals surface area (Å²) in [5.41, 5.74) is -0.800. The lowest BCUT2D eigenvalue weighted by molar-refractivity contribution is -0.138. The second kappa shape index (κ2) is 3.37. The van der Waals surface area contributed by atoms with Crippen molar-refractivity contribution in [3.05, 3.63) is 22.8 Å². The van der Waals surface area contributed by atoms with Crippen LogP contribution in [0.25, 0.3) is 0 Å². The smallest absolute Gasteiger partial charge is 0.195 e. The minimum atomic E-state index is -1.40. The number of carbonyl (C=O) groups excluding carboxylic acids is 1. The summed E-state index contributed by atoms with van der Waals surface area (Å²) in [6.07, 6.45) is 2.31. The van der Waals surface area contributed by atoms with E-state index in [4.69, 9.17) is 0 Å². The fourth-order valence-corrected chi connectivity index (χ4v) is 3.78. The number of rotatable bonds is 1. The van der Waals surface area contributed by atoms with Crippen LogP contribution in [0.15, 0.2) is 22.8 Å². The van der Waals surface area contributed by atoms with Gasteiger partial charge in [0.1, 0.15) is 5.60 Å². The molecule has 3 atom stereocenters. The molecule has 0 amide bonds. The zero-order chi connectivity index (χ0) is 14.2. The van der Waals surface area contributed by atoms with E-state index in [0.717, 1.165) is 18.4 Å². The molecule has 19 heavy (non-hydrogen) atoms. The maximum atomic E-state index is 12.5. The topological polar surface area (TPSA) is 77.8 Å². The van der Waals surface area contributed by atoms with Gasteiger partial charge in [-0.05, 0) is 32.3 Å². The lowest BCUT2D eigenvalue weighted by atomic mass is 9.67. The molecular formula is C15H20O4. The quantitative estimate of drug-likeness (QED) is 0.652. The van der Waals surface area contributed by atoms with Crippen molar-refractivity contribution in [3.63, 3.8) is 0 Å². The average molecular weight is 264 g/mol. The van der Waals surface area contributed by atoms with Crippen molar-refractivity contribution in [1.29, 1.82) is 0 Å². The standard InChI is InChI=1S/C15H20O4/c1-8-10-9(6-13(2,7-16)12(10)18)11(17)14(3,19)15(8)4-5-15/h6,12,16,18-19H,4-5,7H2,1-3H3/t12-,13-,14+/m0/s1. The first-order valence-electron chi connectivity index (χ1n) is 6.72. The molecule has 1 spiro atoms. The van der Waals surface area contributed by atoms with E-state index in [-0.39, 0.29) is 12.4 Å². The van der Waals surface area contributed by atoms with Crippen molar-refractivity contribution >= 4 is 5.78 Å². The van der Waals surface area contributed by atoms with Gasteiger partial charge in [-0.3, -0.25) is 4.79 Å². The lowest BCUT2D eigenvalue weighted by Crippen LogP contribution is -2.50. The van der Waals surface area contributed by atoms with E-state index in [1.165, 1.54) is 0 Å². The summed E-state index contributed by atoms with van der Waals surface area (Å²) in [4.78, 5) is 12.5. The van der Waals surface area contributed by atoms with E-state index in [1.807, 2.05) is 6.92 Å². The SMILES string of the molecule is CC1=C2C(=C[C@@](C)(CO)[C@H]2O)C(=O)[C@@](C)(O)C12CC2. The Morgan fingerprint density at radius 3 is 2.42 bits per heavy atom. The molecule has 1 saturated carbocycles. The van der Waals surface area contributed by atoms with Gasteiger partial charge in [0, 0.05) is 16.4 Å². The van der Waals surface area contributed by atoms with Crippen LogP contribution in [-0.4, -0.2) is 39.4 Å². The molecule has 4 nitrogen and oxygen atoms in total. The van der Waals surface area contributed by atoms with E-state index < -0.39 is 22.5 Å². The van der Waals surface area contributed by atoms with Crippen LogP contribution < -0.4 is 0 Å². The zero-order valence-corrected chi connectivity index (χ0v) is 11.5. The van der Waals surface area contributed by atoms with Gasteiger partial charge in [0.25, 0.3) is 0 Å². The van der Waals surface area contributed by atoms with Gasteiger partial charge >= 0.3 is 0 Å². The minimum absolute atomic E-state index is 0.225. The maximum Gasteiger partial charge on any atom is 0.195 e. The molecule has 0 aromatic heterocycles. The van der Waals surface area contributed by atoms with Gasteiger partial charge in [0.15, 0.2) is 5.78 Å². The van der Waals surface area contributed by atoms with Gasteiger partial charge < -0.3 is 15.3 Å². The Kier molecular flexibility index (Phi) is 2.31. The molecule has 0 aromatic carbocycles. The third-order valence-electron chi connectivity index (χ3n) is 5.49. The predicted octanol–water partition coefficient (Wildman–Crippen LogP) is 0.716. The molecule has 0 aliphatic heterocycles. The van der Waals surface area contributed by atoms with Crippen molar-refractivity contribution in [1.82, 2.24) is 0 Å². The molecule has 0 saturated heterocycles. The Morgan fingerprint density at radius 2 is 1.95 bits per heavy atom. The number of Topliss-reactive ketones (excluding diaryl/α,β-unsaturated/α-hetero) is 1. The summed E-state index contributed by atoms with van der Waals surface area (Å²) in [5.74, 6) is -0.318. The summed E-state index contributed by atoms with van der Waals surface area (Å²) in [6, 6.07) is 0. The summed E-state index contributed by atoms with van der Waals surface area (Å²) < 4.78 is 0. The van der Waals surface area contributed by atoms with Crippen molar-refractivity contribution in [3.8, 4) is 0 Å². The largest absolute Gasteiger partial charge is 0.395 e. The van der Waals surface area contributed by atoms with Gasteiger partial charge in [-0.25, -0.2) is 0 Å². The molecule has 0 unspecified atom stereocenters. The Bertz CT molecular complexity index is 536. The molecule has 3 aliphatic rings. The summed E-state index contributed by atoms with van der Waals surface area (Å²) in [6.45, 7) is 4.97. The van der Waals surface area contributed by atoms with E-state index in [9.17, 15) is 20.1 Å². The number of hydrogen-bond acceptors (Lipinski definition) is 4. The molecule has 3 aliphatic carbocycles. The van der Waals surface area contributed by atoms with Crippen LogP contribution in [0.2, 0.25) is 0 Å². The van der Waals surface area contributed by atoms with E-state index in [1.54, 1.807) is 19.9 Å². The molecule has 3 rings (SSSR count). The van der Waals surface area contributed by atoms with Gasteiger partial charge in [0.05, 0.1) is 12.7 Å².